The van der Waals surface area contributed by atoms with Crippen molar-refractivity contribution in [1.29, 1.82) is 0 Å². The number of carboxylic acids is 1. The lowest BCUT2D eigenvalue weighted by Gasteiger charge is -2.11. The number of nitrogens with one attached hydrogen (secondary N) is 1. The third-order valence-electron chi connectivity index (χ3n) is 4.14. The van der Waals surface area contributed by atoms with E-state index in [0.717, 1.165) is 30.5 Å². The first-order chi connectivity index (χ1) is 10.1. The molecule has 0 bridgehead atoms. The maximum Gasteiger partial charge on any atom is 0.314 e. The first-order valence-electron chi connectivity index (χ1n) is 7.72. The molecule has 2 N–H and O–H groups in total. The van der Waals surface area contributed by atoms with Crippen LogP contribution in [0.2, 0.25) is 0 Å². The highest BCUT2D eigenvalue weighted by atomic mass is 16.4. The van der Waals surface area contributed by atoms with Crippen LogP contribution in [0.25, 0.3) is 0 Å². The molecule has 4 heteroatoms. The molecular weight excluding hydrogens is 266 g/mol. The van der Waals surface area contributed by atoms with Crippen molar-refractivity contribution in [2.45, 2.75) is 57.3 Å². The smallest absolute Gasteiger partial charge is 0.314 e. The number of anilines is 1. The van der Waals surface area contributed by atoms with Gasteiger partial charge in [0.15, 0.2) is 0 Å². The number of rotatable bonds is 8. The molecule has 21 heavy (non-hydrogen) atoms. The summed E-state index contributed by atoms with van der Waals surface area (Å²) < 4.78 is 0. The summed E-state index contributed by atoms with van der Waals surface area (Å²) in [4.78, 5) is 23.0. The lowest BCUT2D eigenvalue weighted by Crippen LogP contribution is -2.19. The van der Waals surface area contributed by atoms with Gasteiger partial charge in [-0.05, 0) is 37.0 Å². The van der Waals surface area contributed by atoms with Gasteiger partial charge in [-0.2, -0.15) is 0 Å². The number of carboxylic acid groups (broad SMARTS) is 1. The summed E-state index contributed by atoms with van der Waals surface area (Å²) in [5, 5.41) is 12.1. The lowest BCUT2D eigenvalue weighted by atomic mass is 9.96. The summed E-state index contributed by atoms with van der Waals surface area (Å²) in [6.07, 6.45) is 6.27. The number of aliphatic carboxylic acids is 1. The molecule has 0 aromatic heterocycles. The van der Waals surface area contributed by atoms with E-state index in [1.165, 1.54) is 6.42 Å². The molecule has 1 aromatic rings. The molecule has 0 heterocycles. The molecule has 0 aliphatic heterocycles. The Morgan fingerprint density at radius 3 is 2.33 bits per heavy atom. The van der Waals surface area contributed by atoms with Crippen LogP contribution in [0, 0.1) is 0 Å². The standard InChI is InChI=1S/C17H23NO3/c1-2-3-4-5-6-15(19)18-14-9-7-13(8-10-14)17(11-12-17)16(20)21/h7-10H,2-6,11-12H2,1H3,(H,18,19)(H,20,21). The third-order valence-corrected chi connectivity index (χ3v) is 4.14. The monoisotopic (exact) mass is 289 g/mol. The molecule has 1 amide bonds. The fourth-order valence-corrected chi connectivity index (χ4v) is 2.56. The molecular formula is C17H23NO3. The zero-order valence-corrected chi connectivity index (χ0v) is 12.5. The Balaban J connectivity index is 1.85. The number of benzene rings is 1. The second kappa shape index (κ2) is 6.74. The minimum atomic E-state index is -0.754. The molecule has 0 atom stereocenters. The summed E-state index contributed by atoms with van der Waals surface area (Å²) in [5.74, 6) is -0.728. The molecule has 0 spiro atoms. The predicted molar refractivity (Wildman–Crippen MR) is 82.4 cm³/mol. The van der Waals surface area contributed by atoms with Crippen molar-refractivity contribution in [3.8, 4) is 0 Å². The zero-order valence-electron chi connectivity index (χ0n) is 12.5. The van der Waals surface area contributed by atoms with Gasteiger partial charge in [0.1, 0.15) is 0 Å². The van der Waals surface area contributed by atoms with E-state index in [1.54, 1.807) is 12.1 Å². The van der Waals surface area contributed by atoms with E-state index in [4.69, 9.17) is 0 Å². The quantitative estimate of drug-likeness (QED) is 0.717. The largest absolute Gasteiger partial charge is 0.481 e. The molecule has 0 saturated heterocycles. The van der Waals surface area contributed by atoms with Crippen molar-refractivity contribution in [3.05, 3.63) is 29.8 Å². The van der Waals surface area contributed by atoms with Crippen LogP contribution in [0.4, 0.5) is 5.69 Å². The van der Waals surface area contributed by atoms with Crippen LogP contribution >= 0.6 is 0 Å². The van der Waals surface area contributed by atoms with Gasteiger partial charge in [-0.3, -0.25) is 9.59 Å². The summed E-state index contributed by atoms with van der Waals surface area (Å²) in [6, 6.07) is 7.21. The van der Waals surface area contributed by atoms with E-state index in [0.29, 0.717) is 19.3 Å². The van der Waals surface area contributed by atoms with Crippen LogP contribution in [0.1, 0.15) is 57.4 Å². The van der Waals surface area contributed by atoms with Crippen LogP contribution in [0.5, 0.6) is 0 Å². The molecule has 1 aliphatic rings. The van der Waals surface area contributed by atoms with Crippen LogP contribution in [0.3, 0.4) is 0 Å². The number of carbonyl (C=O) groups is 2. The molecule has 1 saturated carbocycles. The number of amides is 1. The zero-order chi connectivity index (χ0) is 15.3. The van der Waals surface area contributed by atoms with Gasteiger partial charge < -0.3 is 10.4 Å². The molecule has 1 fully saturated rings. The topological polar surface area (TPSA) is 66.4 Å². The van der Waals surface area contributed by atoms with E-state index in [9.17, 15) is 14.7 Å². The van der Waals surface area contributed by atoms with E-state index >= 15 is 0 Å². The molecule has 0 radical (unpaired) electrons. The number of hydrogen-bond acceptors (Lipinski definition) is 2. The van der Waals surface area contributed by atoms with Crippen LogP contribution in [0.15, 0.2) is 24.3 Å². The van der Waals surface area contributed by atoms with Gasteiger partial charge in [-0.15, -0.1) is 0 Å². The normalized spacial score (nSPS) is 15.5. The third kappa shape index (κ3) is 3.84. The van der Waals surface area contributed by atoms with Crippen LogP contribution < -0.4 is 5.32 Å². The SMILES string of the molecule is CCCCCCC(=O)Nc1ccc(C2(C(=O)O)CC2)cc1. The van der Waals surface area contributed by atoms with Gasteiger partial charge in [0, 0.05) is 12.1 Å². The van der Waals surface area contributed by atoms with Gasteiger partial charge in [0.05, 0.1) is 5.41 Å². The second-order valence-electron chi connectivity index (χ2n) is 5.82. The number of carbonyl (C=O) groups excluding carboxylic acids is 1. The highest BCUT2D eigenvalue weighted by Crippen LogP contribution is 2.48. The van der Waals surface area contributed by atoms with Gasteiger partial charge in [0.2, 0.25) is 5.91 Å². The van der Waals surface area contributed by atoms with Gasteiger partial charge in [0.25, 0.3) is 0 Å². The minimum absolute atomic E-state index is 0.0261. The van der Waals surface area contributed by atoms with E-state index < -0.39 is 11.4 Å². The van der Waals surface area contributed by atoms with E-state index in [-0.39, 0.29) is 5.91 Å². The summed E-state index contributed by atoms with van der Waals surface area (Å²) in [7, 11) is 0. The molecule has 1 aromatic carbocycles. The van der Waals surface area contributed by atoms with Crippen LogP contribution in [-0.4, -0.2) is 17.0 Å². The Kier molecular flexibility index (Phi) is 4.99. The minimum Gasteiger partial charge on any atom is -0.481 e. The Hall–Kier alpha value is -1.84. The number of unbranched alkanes of at least 4 members (excludes halogenated alkanes) is 3. The molecule has 2 rings (SSSR count). The van der Waals surface area contributed by atoms with E-state index in [2.05, 4.69) is 12.2 Å². The Morgan fingerprint density at radius 1 is 1.14 bits per heavy atom. The summed E-state index contributed by atoms with van der Waals surface area (Å²) in [5.41, 5.74) is 0.888. The molecule has 1 aliphatic carbocycles. The summed E-state index contributed by atoms with van der Waals surface area (Å²) in [6.45, 7) is 2.14. The maximum atomic E-state index is 11.8. The highest BCUT2D eigenvalue weighted by Gasteiger charge is 2.51. The van der Waals surface area contributed by atoms with Crippen molar-refractivity contribution in [1.82, 2.24) is 0 Å². The fraction of sp³-hybridized carbons (Fsp3) is 0.529. The molecule has 4 nitrogen and oxygen atoms in total. The predicted octanol–water partition coefficient (Wildman–Crippen LogP) is 3.71. The van der Waals surface area contributed by atoms with E-state index in [1.807, 2.05) is 12.1 Å². The second-order valence-corrected chi connectivity index (χ2v) is 5.82. The maximum absolute atomic E-state index is 11.8. The Morgan fingerprint density at radius 2 is 1.81 bits per heavy atom. The van der Waals surface area contributed by atoms with Gasteiger partial charge in [-0.25, -0.2) is 0 Å². The lowest BCUT2D eigenvalue weighted by molar-refractivity contribution is -0.140. The van der Waals surface area contributed by atoms with Crippen molar-refractivity contribution in [3.63, 3.8) is 0 Å². The average Bonchev–Trinajstić information content (AvgIpc) is 3.26. The van der Waals surface area contributed by atoms with Gasteiger partial charge >= 0.3 is 5.97 Å². The van der Waals surface area contributed by atoms with Gasteiger partial charge in [-0.1, -0.05) is 38.3 Å². The molecule has 0 unspecified atom stereocenters. The van der Waals surface area contributed by atoms with Crippen molar-refractivity contribution < 1.29 is 14.7 Å². The molecule has 114 valence electrons. The Bertz CT molecular complexity index is 503. The van der Waals surface area contributed by atoms with Crippen molar-refractivity contribution in [2.75, 3.05) is 5.32 Å². The number of hydrogen-bond donors (Lipinski definition) is 2. The fourth-order valence-electron chi connectivity index (χ4n) is 2.56. The van der Waals surface area contributed by atoms with Crippen molar-refractivity contribution in [2.24, 2.45) is 0 Å². The Labute approximate surface area is 125 Å². The van der Waals surface area contributed by atoms with Crippen molar-refractivity contribution >= 4 is 17.6 Å². The first-order valence-corrected chi connectivity index (χ1v) is 7.72. The highest BCUT2D eigenvalue weighted by molar-refractivity contribution is 5.91. The average molecular weight is 289 g/mol. The summed E-state index contributed by atoms with van der Waals surface area (Å²) >= 11 is 0. The van der Waals surface area contributed by atoms with Crippen LogP contribution in [-0.2, 0) is 15.0 Å². The first kappa shape index (κ1) is 15.5.